The summed E-state index contributed by atoms with van der Waals surface area (Å²) in [5, 5.41) is 5.32. The molecule has 1 aromatic heterocycles. The van der Waals surface area contributed by atoms with Crippen LogP contribution in [0, 0.1) is 0 Å². The van der Waals surface area contributed by atoms with Crippen LogP contribution in [-0.2, 0) is 4.79 Å². The molecule has 0 unspecified atom stereocenters. The van der Waals surface area contributed by atoms with Crippen LogP contribution >= 0.6 is 23.2 Å². The number of hydrogen-bond acceptors (Lipinski definition) is 4. The molecule has 1 N–H and O–H groups in total. The van der Waals surface area contributed by atoms with Gasteiger partial charge in [0.2, 0.25) is 5.91 Å². The topological polar surface area (TPSA) is 48.5 Å². The summed E-state index contributed by atoms with van der Waals surface area (Å²) in [5.74, 6) is 0.631. The molecule has 1 saturated heterocycles. The van der Waals surface area contributed by atoms with Crippen molar-refractivity contribution in [3.05, 3.63) is 64.6 Å². The van der Waals surface area contributed by atoms with Gasteiger partial charge in [0.25, 0.3) is 0 Å². The van der Waals surface area contributed by atoms with E-state index in [-0.39, 0.29) is 5.91 Å². The van der Waals surface area contributed by atoms with Gasteiger partial charge in [-0.3, -0.25) is 9.69 Å². The highest BCUT2D eigenvalue weighted by molar-refractivity contribution is 6.35. The molecule has 1 aliphatic rings. The van der Waals surface area contributed by atoms with Crippen LogP contribution in [0.3, 0.4) is 0 Å². The third kappa shape index (κ3) is 6.10. The average Bonchev–Trinajstić information content (AvgIpc) is 2.76. The number of hydrogen-bond donors (Lipinski definition) is 1. The highest BCUT2D eigenvalue weighted by Crippen LogP contribution is 2.26. The fourth-order valence-electron chi connectivity index (χ4n) is 3.91. The van der Waals surface area contributed by atoms with Crippen LogP contribution < -0.4 is 10.2 Å². The summed E-state index contributed by atoms with van der Waals surface area (Å²) in [4.78, 5) is 21.5. The maximum Gasteiger partial charge on any atom is 0.225 e. The van der Waals surface area contributed by atoms with Gasteiger partial charge in [-0.05, 0) is 55.8 Å². The molecule has 0 spiro atoms. The molecule has 2 heterocycles. The maximum atomic E-state index is 12.3. The van der Waals surface area contributed by atoms with E-state index >= 15 is 0 Å². The number of nitrogens with zero attached hydrogens (tertiary/aromatic N) is 3. The summed E-state index contributed by atoms with van der Waals surface area (Å²) in [6, 6.07) is 17.4. The summed E-state index contributed by atoms with van der Waals surface area (Å²) in [5.41, 5.74) is 1.97. The van der Waals surface area contributed by atoms with Gasteiger partial charge in [-0.25, -0.2) is 4.98 Å². The van der Waals surface area contributed by atoms with Crippen LogP contribution in [0.25, 0.3) is 10.9 Å². The van der Waals surface area contributed by atoms with Gasteiger partial charge < -0.3 is 10.2 Å². The number of nitrogens with one attached hydrogen (secondary N) is 1. The number of aromatic nitrogens is 1. The van der Waals surface area contributed by atoms with Crippen molar-refractivity contribution in [1.29, 1.82) is 0 Å². The van der Waals surface area contributed by atoms with E-state index in [1.165, 1.54) is 0 Å². The van der Waals surface area contributed by atoms with Crippen molar-refractivity contribution >= 4 is 51.5 Å². The number of rotatable bonds is 7. The standard InChI is InChI=1S/C24H26Cl2N4O/c25-19-15-20(26)17-21(16-19)30-13-11-29(12-14-30)10-4-3-7-24(31)28-23-9-8-18-5-1-2-6-22(18)27-23/h1-2,5-6,8-9,15-17H,3-4,7,10-14H2,(H,27,28,31). The van der Waals surface area contributed by atoms with Crippen LogP contribution in [0.2, 0.25) is 10.0 Å². The molecular formula is C24H26Cl2N4O. The first-order valence-electron chi connectivity index (χ1n) is 10.7. The molecule has 31 heavy (non-hydrogen) atoms. The Morgan fingerprint density at radius 1 is 0.935 bits per heavy atom. The molecule has 4 rings (SSSR count). The van der Waals surface area contributed by atoms with Crippen LogP contribution in [-0.4, -0.2) is 48.5 Å². The van der Waals surface area contributed by atoms with E-state index in [1.807, 2.05) is 48.5 Å². The summed E-state index contributed by atoms with van der Waals surface area (Å²) >= 11 is 12.3. The van der Waals surface area contributed by atoms with Gasteiger partial charge in [0.1, 0.15) is 5.82 Å². The molecule has 0 bridgehead atoms. The van der Waals surface area contributed by atoms with E-state index in [0.717, 1.165) is 62.2 Å². The Morgan fingerprint density at radius 2 is 1.68 bits per heavy atom. The normalized spacial score (nSPS) is 14.7. The summed E-state index contributed by atoms with van der Waals surface area (Å²) < 4.78 is 0. The van der Waals surface area contributed by atoms with E-state index < -0.39 is 0 Å². The highest BCUT2D eigenvalue weighted by Gasteiger charge is 2.17. The first-order chi connectivity index (χ1) is 15.1. The summed E-state index contributed by atoms with van der Waals surface area (Å²) in [7, 11) is 0. The quantitative estimate of drug-likeness (QED) is 0.478. The predicted molar refractivity (Wildman–Crippen MR) is 129 cm³/mol. The molecule has 1 amide bonds. The predicted octanol–water partition coefficient (Wildman–Crippen LogP) is 5.47. The number of fused-ring (bicyclic) bond motifs is 1. The molecule has 0 saturated carbocycles. The number of halogens is 2. The second-order valence-electron chi connectivity index (χ2n) is 7.85. The number of pyridine rings is 1. The van der Waals surface area contributed by atoms with Gasteiger partial charge >= 0.3 is 0 Å². The van der Waals surface area contributed by atoms with Gasteiger partial charge in [-0.1, -0.05) is 41.4 Å². The van der Waals surface area contributed by atoms with Crippen LogP contribution in [0.15, 0.2) is 54.6 Å². The molecule has 3 aromatic rings. The zero-order valence-electron chi connectivity index (χ0n) is 17.4. The Hall–Kier alpha value is -2.34. The van der Waals surface area contributed by atoms with Gasteiger partial charge in [0.05, 0.1) is 5.52 Å². The number of unbranched alkanes of at least 4 members (excludes halogenated alkanes) is 1. The molecule has 0 atom stereocenters. The van der Waals surface area contributed by atoms with Crippen molar-refractivity contribution < 1.29 is 4.79 Å². The molecule has 0 aliphatic carbocycles. The minimum Gasteiger partial charge on any atom is -0.369 e. The number of para-hydroxylation sites is 1. The Balaban J connectivity index is 1.16. The number of anilines is 2. The van der Waals surface area contributed by atoms with E-state index in [4.69, 9.17) is 23.2 Å². The number of carbonyl (C=O) groups excluding carboxylic acids is 1. The minimum absolute atomic E-state index is 0.0189. The van der Waals surface area contributed by atoms with E-state index in [2.05, 4.69) is 20.1 Å². The lowest BCUT2D eigenvalue weighted by molar-refractivity contribution is -0.116. The monoisotopic (exact) mass is 456 g/mol. The van der Waals surface area contributed by atoms with Gasteiger partial charge in [0.15, 0.2) is 0 Å². The van der Waals surface area contributed by atoms with Gasteiger partial charge in [-0.2, -0.15) is 0 Å². The molecule has 1 fully saturated rings. The van der Waals surface area contributed by atoms with Crippen LogP contribution in [0.4, 0.5) is 11.5 Å². The van der Waals surface area contributed by atoms with Crippen molar-refractivity contribution in [2.75, 3.05) is 42.9 Å². The number of amides is 1. The first kappa shape index (κ1) is 21.9. The third-order valence-corrected chi connectivity index (χ3v) is 6.02. The van der Waals surface area contributed by atoms with Crippen molar-refractivity contribution in [3.63, 3.8) is 0 Å². The van der Waals surface area contributed by atoms with Crippen LogP contribution in [0.5, 0.6) is 0 Å². The smallest absolute Gasteiger partial charge is 0.225 e. The van der Waals surface area contributed by atoms with Crippen LogP contribution in [0.1, 0.15) is 19.3 Å². The molecule has 7 heteroatoms. The summed E-state index contributed by atoms with van der Waals surface area (Å²) in [6.45, 7) is 4.90. The van der Waals surface area contributed by atoms with Gasteiger partial charge in [0, 0.05) is 53.7 Å². The second-order valence-corrected chi connectivity index (χ2v) is 8.72. The number of benzene rings is 2. The first-order valence-corrected chi connectivity index (χ1v) is 11.4. The number of carbonyl (C=O) groups is 1. The molecule has 1 aliphatic heterocycles. The number of piperazine rings is 1. The molecule has 5 nitrogen and oxygen atoms in total. The zero-order valence-corrected chi connectivity index (χ0v) is 18.9. The SMILES string of the molecule is O=C(CCCCN1CCN(c2cc(Cl)cc(Cl)c2)CC1)Nc1ccc2ccccc2n1. The lowest BCUT2D eigenvalue weighted by atomic mass is 10.2. The molecule has 0 radical (unpaired) electrons. The largest absolute Gasteiger partial charge is 0.369 e. The lowest BCUT2D eigenvalue weighted by Crippen LogP contribution is -2.46. The Bertz CT molecular complexity index is 1030. The molecular weight excluding hydrogens is 431 g/mol. The average molecular weight is 457 g/mol. The third-order valence-electron chi connectivity index (χ3n) is 5.58. The van der Waals surface area contributed by atoms with E-state index in [0.29, 0.717) is 22.3 Å². The lowest BCUT2D eigenvalue weighted by Gasteiger charge is -2.36. The van der Waals surface area contributed by atoms with Gasteiger partial charge in [-0.15, -0.1) is 0 Å². The van der Waals surface area contributed by atoms with Crippen molar-refractivity contribution in [3.8, 4) is 0 Å². The van der Waals surface area contributed by atoms with Crippen molar-refractivity contribution in [2.45, 2.75) is 19.3 Å². The maximum absolute atomic E-state index is 12.3. The van der Waals surface area contributed by atoms with Crippen molar-refractivity contribution in [2.24, 2.45) is 0 Å². The van der Waals surface area contributed by atoms with E-state index in [1.54, 1.807) is 6.07 Å². The highest BCUT2D eigenvalue weighted by atomic mass is 35.5. The van der Waals surface area contributed by atoms with Crippen molar-refractivity contribution in [1.82, 2.24) is 9.88 Å². The Kier molecular flexibility index (Phi) is 7.28. The fourth-order valence-corrected chi connectivity index (χ4v) is 4.43. The Morgan fingerprint density at radius 3 is 2.45 bits per heavy atom. The van der Waals surface area contributed by atoms with E-state index in [9.17, 15) is 4.79 Å². The Labute approximate surface area is 193 Å². The molecule has 2 aromatic carbocycles. The molecule has 162 valence electrons. The summed E-state index contributed by atoms with van der Waals surface area (Å²) in [6.07, 6.45) is 2.38. The fraction of sp³-hybridized carbons (Fsp3) is 0.333. The zero-order chi connectivity index (χ0) is 21.6. The minimum atomic E-state index is 0.0189. The second kappa shape index (κ2) is 10.3.